The lowest BCUT2D eigenvalue weighted by Crippen LogP contribution is -2.47. The van der Waals surface area contributed by atoms with Crippen molar-refractivity contribution in [3.8, 4) is 6.19 Å². The summed E-state index contributed by atoms with van der Waals surface area (Å²) in [6.45, 7) is 2.79. The molecule has 2 aromatic carbocycles. The largest absolute Gasteiger partial charge is 0.478 e. The summed E-state index contributed by atoms with van der Waals surface area (Å²) in [5.74, 6) is -2.60. The highest BCUT2D eigenvalue weighted by molar-refractivity contribution is 5.98. The standard InChI is InChI=1S/C31H37FN8O6/c1-45-28(46-2)18-35-30(36-25(29(43)44)17-27(41)42)34-13-16-38-14-11-23(12-15-38)40(20-33)31-37-24-5-3-4-6-26(24)39(31)19-21-7-9-22(32)10-8-21/h3-10,17,23,28H,11-16,18-19H2,1-2H3,(H,41,42)(H,43,44)(H2,34,35,36). The van der Waals surface area contributed by atoms with Crippen LogP contribution in [0.15, 0.2) is 65.3 Å². The third-order valence-corrected chi connectivity index (χ3v) is 7.53. The molecule has 1 aliphatic rings. The number of fused-ring (bicyclic) bond motifs is 1. The van der Waals surface area contributed by atoms with Crippen LogP contribution in [0.1, 0.15) is 18.4 Å². The molecule has 0 atom stereocenters. The van der Waals surface area contributed by atoms with E-state index in [9.17, 15) is 24.3 Å². The Hall–Kier alpha value is -5.04. The van der Waals surface area contributed by atoms with Crippen molar-refractivity contribution < 1.29 is 33.7 Å². The number of carboxylic acids is 2. The first-order valence-electron chi connectivity index (χ1n) is 14.6. The minimum atomic E-state index is -1.46. The minimum absolute atomic E-state index is 0.0314. The molecular formula is C31H37FN8O6. The number of piperidine rings is 1. The normalized spacial score (nSPS) is 14.8. The quantitative estimate of drug-likeness (QED) is 0.0507. The second kappa shape index (κ2) is 16.3. The molecule has 1 saturated heterocycles. The first-order valence-corrected chi connectivity index (χ1v) is 14.6. The Morgan fingerprint density at radius 1 is 1.17 bits per heavy atom. The number of halogens is 1. The summed E-state index contributed by atoms with van der Waals surface area (Å²) in [7, 11) is 2.88. The molecule has 0 spiro atoms. The van der Waals surface area contributed by atoms with E-state index in [0.29, 0.717) is 57.6 Å². The smallest absolute Gasteiger partial charge is 0.352 e. The number of hydrogen-bond acceptors (Lipinski definition) is 9. The van der Waals surface area contributed by atoms with Gasteiger partial charge in [0.1, 0.15) is 11.5 Å². The molecule has 2 heterocycles. The number of carboxylic acid groups (broad SMARTS) is 2. The van der Waals surface area contributed by atoms with E-state index >= 15 is 0 Å². The fourth-order valence-corrected chi connectivity index (χ4v) is 5.15. The van der Waals surface area contributed by atoms with Crippen LogP contribution in [0, 0.1) is 17.3 Å². The molecule has 3 aromatic rings. The molecule has 1 aliphatic heterocycles. The first-order chi connectivity index (χ1) is 22.2. The molecule has 4 N–H and O–H groups in total. The van der Waals surface area contributed by atoms with Crippen LogP contribution in [0.2, 0.25) is 0 Å². The average molecular weight is 637 g/mol. The van der Waals surface area contributed by atoms with Crippen molar-refractivity contribution in [1.82, 2.24) is 25.1 Å². The van der Waals surface area contributed by atoms with Gasteiger partial charge in [0.05, 0.1) is 30.2 Å². The van der Waals surface area contributed by atoms with Gasteiger partial charge in [-0.25, -0.2) is 28.9 Å². The summed E-state index contributed by atoms with van der Waals surface area (Å²) < 4.78 is 25.8. The monoisotopic (exact) mass is 636 g/mol. The number of para-hydroxylation sites is 2. The summed E-state index contributed by atoms with van der Waals surface area (Å²) in [5, 5.41) is 34.3. The number of aromatic nitrogens is 2. The topological polar surface area (TPSA) is 178 Å². The van der Waals surface area contributed by atoms with E-state index in [1.165, 1.54) is 26.4 Å². The van der Waals surface area contributed by atoms with Gasteiger partial charge < -0.3 is 39.8 Å². The molecule has 15 heteroatoms. The van der Waals surface area contributed by atoms with Crippen molar-refractivity contribution in [1.29, 1.82) is 5.26 Å². The maximum atomic E-state index is 13.5. The third-order valence-electron chi connectivity index (χ3n) is 7.53. The van der Waals surface area contributed by atoms with Crippen molar-refractivity contribution in [2.45, 2.75) is 31.7 Å². The number of nitrogens with zero attached hydrogens (tertiary/aromatic N) is 6. The first kappa shape index (κ1) is 33.8. The molecule has 0 radical (unpaired) electrons. The molecular weight excluding hydrogens is 599 g/mol. The number of aliphatic imine (C=N–C) groups is 1. The molecule has 244 valence electrons. The maximum Gasteiger partial charge on any atom is 0.352 e. The van der Waals surface area contributed by atoms with E-state index in [1.807, 2.05) is 28.8 Å². The van der Waals surface area contributed by atoms with Crippen molar-refractivity contribution >= 4 is 34.9 Å². The van der Waals surface area contributed by atoms with Gasteiger partial charge in [0.15, 0.2) is 18.4 Å². The number of hydrogen-bond donors (Lipinski definition) is 4. The molecule has 0 unspecified atom stereocenters. The summed E-state index contributed by atoms with van der Waals surface area (Å²) >= 11 is 0. The van der Waals surface area contributed by atoms with E-state index in [4.69, 9.17) is 19.6 Å². The lowest BCUT2D eigenvalue weighted by molar-refractivity contribution is -0.135. The Balaban J connectivity index is 1.40. The van der Waals surface area contributed by atoms with Gasteiger partial charge in [0, 0.05) is 46.4 Å². The van der Waals surface area contributed by atoms with Crippen molar-refractivity contribution in [2.24, 2.45) is 4.99 Å². The number of benzene rings is 2. The molecule has 0 aliphatic carbocycles. The highest BCUT2D eigenvalue weighted by atomic mass is 19.1. The predicted octanol–water partition coefficient (Wildman–Crippen LogP) is 2.18. The zero-order valence-corrected chi connectivity index (χ0v) is 25.6. The number of carbonyl (C=O) groups is 2. The van der Waals surface area contributed by atoms with E-state index in [2.05, 4.69) is 26.7 Å². The number of nitrogens with one attached hydrogen (secondary N) is 2. The molecule has 46 heavy (non-hydrogen) atoms. The number of likely N-dealkylation sites (tertiary alicyclic amines) is 1. The molecule has 14 nitrogen and oxygen atoms in total. The molecule has 0 bridgehead atoms. The van der Waals surface area contributed by atoms with Crippen molar-refractivity contribution in [2.75, 3.05) is 51.8 Å². The number of guanidine groups is 1. The van der Waals surface area contributed by atoms with Gasteiger partial charge in [-0.05, 0) is 42.7 Å². The second-order valence-corrected chi connectivity index (χ2v) is 10.5. The Kier molecular flexibility index (Phi) is 12.0. The van der Waals surface area contributed by atoms with E-state index in [1.54, 1.807) is 17.0 Å². The zero-order valence-electron chi connectivity index (χ0n) is 25.6. The SMILES string of the molecule is COC(CN=C(NCCN1CCC(N(C#N)c2nc3ccccc3n2Cc2ccc(F)cc2)CC1)NC(=CC(=O)O)C(=O)O)OC. The van der Waals surface area contributed by atoms with Crippen LogP contribution in [0.5, 0.6) is 0 Å². The number of methoxy groups -OCH3 is 2. The molecule has 1 aromatic heterocycles. The van der Waals surface area contributed by atoms with Gasteiger partial charge in [-0.1, -0.05) is 24.3 Å². The van der Waals surface area contributed by atoms with Gasteiger partial charge in [0.25, 0.3) is 0 Å². The summed E-state index contributed by atoms with van der Waals surface area (Å²) in [4.78, 5) is 35.6. The third kappa shape index (κ3) is 9.00. The van der Waals surface area contributed by atoms with Crippen LogP contribution >= 0.6 is 0 Å². The Labute approximate surface area is 265 Å². The highest BCUT2D eigenvalue weighted by Crippen LogP contribution is 2.28. The van der Waals surface area contributed by atoms with Crippen LogP contribution in [-0.4, -0.2) is 102 Å². The Bertz CT molecular complexity index is 1590. The fraction of sp³-hybridized carbons (Fsp3) is 0.387. The number of nitriles is 1. The summed E-state index contributed by atoms with van der Waals surface area (Å²) in [5.41, 5.74) is 1.97. The highest BCUT2D eigenvalue weighted by Gasteiger charge is 2.29. The van der Waals surface area contributed by atoms with Crippen molar-refractivity contribution in [3.05, 3.63) is 71.7 Å². The molecule has 0 amide bonds. The maximum absolute atomic E-state index is 13.5. The van der Waals surface area contributed by atoms with Crippen LogP contribution in [0.3, 0.4) is 0 Å². The van der Waals surface area contributed by atoms with Crippen LogP contribution in [0.25, 0.3) is 11.0 Å². The van der Waals surface area contributed by atoms with Crippen molar-refractivity contribution in [3.63, 3.8) is 0 Å². The number of imidazole rings is 1. The average Bonchev–Trinajstić information content (AvgIpc) is 3.40. The van der Waals surface area contributed by atoms with E-state index in [-0.39, 0.29) is 24.4 Å². The van der Waals surface area contributed by atoms with E-state index in [0.717, 1.165) is 16.6 Å². The molecule has 4 rings (SSSR count). The molecule has 0 saturated carbocycles. The lowest BCUT2D eigenvalue weighted by Gasteiger charge is -2.35. The number of rotatable bonds is 14. The van der Waals surface area contributed by atoms with Gasteiger partial charge in [0.2, 0.25) is 5.95 Å². The summed E-state index contributed by atoms with van der Waals surface area (Å²) in [6, 6.07) is 13.9. The molecule has 1 fully saturated rings. The van der Waals surface area contributed by atoms with Gasteiger partial charge in [-0.3, -0.25) is 0 Å². The van der Waals surface area contributed by atoms with Crippen LogP contribution in [-0.2, 0) is 25.6 Å². The second-order valence-electron chi connectivity index (χ2n) is 10.5. The number of aliphatic carboxylic acids is 2. The van der Waals surface area contributed by atoms with E-state index < -0.39 is 23.9 Å². The van der Waals surface area contributed by atoms with Gasteiger partial charge in [-0.2, -0.15) is 5.26 Å². The van der Waals surface area contributed by atoms with Gasteiger partial charge in [-0.15, -0.1) is 0 Å². The summed E-state index contributed by atoms with van der Waals surface area (Å²) in [6.07, 6.45) is 3.61. The fourth-order valence-electron chi connectivity index (χ4n) is 5.15. The Morgan fingerprint density at radius 2 is 1.87 bits per heavy atom. The number of ether oxygens (including phenoxy) is 2. The lowest BCUT2D eigenvalue weighted by atomic mass is 10.0. The minimum Gasteiger partial charge on any atom is -0.478 e. The van der Waals surface area contributed by atoms with Crippen LogP contribution in [0.4, 0.5) is 10.3 Å². The van der Waals surface area contributed by atoms with Crippen LogP contribution < -0.4 is 15.5 Å². The zero-order chi connectivity index (χ0) is 33.1. The Morgan fingerprint density at radius 3 is 2.50 bits per heavy atom. The number of anilines is 1. The predicted molar refractivity (Wildman–Crippen MR) is 167 cm³/mol. The van der Waals surface area contributed by atoms with Gasteiger partial charge >= 0.3 is 11.9 Å².